The first kappa shape index (κ1) is 14.1. The number of benzene rings is 1. The van der Waals surface area contributed by atoms with Crippen LogP contribution in [0.4, 0.5) is 8.78 Å². The highest BCUT2D eigenvalue weighted by Gasteiger charge is 2.14. The second kappa shape index (κ2) is 6.28. The van der Waals surface area contributed by atoms with Gasteiger partial charge in [-0.15, -0.1) is 0 Å². The van der Waals surface area contributed by atoms with Gasteiger partial charge >= 0.3 is 0 Å². The molecule has 1 aliphatic rings. The van der Waals surface area contributed by atoms with E-state index in [9.17, 15) is 8.78 Å². The fraction of sp³-hybridized carbons (Fsp3) is 0.429. The maximum absolute atomic E-state index is 13.1. The summed E-state index contributed by atoms with van der Waals surface area (Å²) in [5.74, 6) is -0.238. The Morgan fingerprint density at radius 3 is 2.57 bits per heavy atom. The number of nitrogens with one attached hydrogen (secondary N) is 1. The molecule has 1 aliphatic heterocycles. The Hall–Kier alpha value is -1.86. The van der Waals surface area contributed by atoms with Crippen molar-refractivity contribution < 1.29 is 13.3 Å². The lowest BCUT2D eigenvalue weighted by atomic mass is 10.1. The summed E-state index contributed by atoms with van der Waals surface area (Å²) in [6.45, 7) is 4.37. The van der Waals surface area contributed by atoms with Gasteiger partial charge in [0, 0.05) is 38.7 Å². The molecule has 21 heavy (non-hydrogen) atoms. The van der Waals surface area contributed by atoms with Crippen LogP contribution in [0.1, 0.15) is 17.3 Å². The van der Waals surface area contributed by atoms with E-state index in [4.69, 9.17) is 4.52 Å². The Kier molecular flexibility index (Phi) is 4.21. The molecule has 3 rings (SSSR count). The van der Waals surface area contributed by atoms with Gasteiger partial charge in [-0.25, -0.2) is 8.78 Å². The molecule has 0 bridgehead atoms. The van der Waals surface area contributed by atoms with Gasteiger partial charge in [-0.1, -0.05) is 5.16 Å². The van der Waals surface area contributed by atoms with Gasteiger partial charge in [-0.3, -0.25) is 4.90 Å². The van der Waals surface area contributed by atoms with Crippen molar-refractivity contribution >= 4 is 0 Å². The predicted molar refractivity (Wildman–Crippen MR) is 71.6 cm³/mol. The standard InChI is InChI=1S/C14H16F2N4O/c15-11-5-10(6-12(16)8-11)7-13-18-14(21-19-13)9-20-3-1-17-2-4-20/h5-6,8,17H,1-4,7,9H2. The minimum absolute atomic E-state index is 0.250. The number of hydrogen-bond donors (Lipinski definition) is 1. The average Bonchev–Trinajstić information content (AvgIpc) is 2.86. The summed E-state index contributed by atoms with van der Waals surface area (Å²) < 4.78 is 31.4. The van der Waals surface area contributed by atoms with Crippen LogP contribution in [0.2, 0.25) is 0 Å². The van der Waals surface area contributed by atoms with E-state index in [1.54, 1.807) is 0 Å². The molecule has 2 heterocycles. The Bertz CT molecular complexity index is 591. The van der Waals surface area contributed by atoms with Gasteiger partial charge in [0.05, 0.1) is 6.54 Å². The van der Waals surface area contributed by atoms with Crippen molar-refractivity contribution in [1.29, 1.82) is 0 Å². The van der Waals surface area contributed by atoms with Crippen LogP contribution in [0.25, 0.3) is 0 Å². The number of hydrogen-bond acceptors (Lipinski definition) is 5. The lowest BCUT2D eigenvalue weighted by molar-refractivity contribution is 0.203. The van der Waals surface area contributed by atoms with Crippen molar-refractivity contribution in [3.05, 3.63) is 47.1 Å². The third kappa shape index (κ3) is 3.83. The van der Waals surface area contributed by atoms with E-state index in [1.165, 1.54) is 12.1 Å². The van der Waals surface area contributed by atoms with Crippen molar-refractivity contribution in [2.75, 3.05) is 26.2 Å². The molecule has 1 saturated heterocycles. The van der Waals surface area contributed by atoms with Crippen molar-refractivity contribution in [3.63, 3.8) is 0 Å². The van der Waals surface area contributed by atoms with E-state index in [0.717, 1.165) is 32.2 Å². The molecule has 0 unspecified atom stereocenters. The minimum atomic E-state index is -0.602. The van der Waals surface area contributed by atoms with Gasteiger partial charge in [0.25, 0.3) is 0 Å². The first-order valence-electron chi connectivity index (χ1n) is 6.88. The van der Waals surface area contributed by atoms with Crippen molar-refractivity contribution in [3.8, 4) is 0 Å². The molecule has 112 valence electrons. The van der Waals surface area contributed by atoms with Gasteiger partial charge in [-0.05, 0) is 17.7 Å². The van der Waals surface area contributed by atoms with Crippen molar-refractivity contribution in [2.24, 2.45) is 0 Å². The summed E-state index contributed by atoms with van der Waals surface area (Å²) >= 11 is 0. The Morgan fingerprint density at radius 2 is 1.86 bits per heavy atom. The number of aromatic nitrogens is 2. The topological polar surface area (TPSA) is 54.2 Å². The molecule has 0 radical (unpaired) electrons. The third-order valence-corrected chi connectivity index (χ3v) is 3.36. The first-order valence-corrected chi connectivity index (χ1v) is 6.88. The Balaban J connectivity index is 1.64. The second-order valence-electron chi connectivity index (χ2n) is 5.08. The van der Waals surface area contributed by atoms with Gasteiger partial charge in [0.15, 0.2) is 5.82 Å². The zero-order chi connectivity index (χ0) is 14.7. The molecule has 0 aliphatic carbocycles. The lowest BCUT2D eigenvalue weighted by Gasteiger charge is -2.25. The number of rotatable bonds is 4. The molecule has 1 N–H and O–H groups in total. The zero-order valence-electron chi connectivity index (χ0n) is 11.5. The molecule has 1 aromatic carbocycles. The van der Waals surface area contributed by atoms with E-state index in [2.05, 4.69) is 20.4 Å². The minimum Gasteiger partial charge on any atom is -0.338 e. The van der Waals surface area contributed by atoms with Crippen molar-refractivity contribution in [2.45, 2.75) is 13.0 Å². The zero-order valence-corrected chi connectivity index (χ0v) is 11.5. The molecule has 0 amide bonds. The summed E-state index contributed by atoms with van der Waals surface area (Å²) in [6.07, 6.45) is 0.250. The maximum atomic E-state index is 13.1. The highest BCUT2D eigenvalue weighted by Crippen LogP contribution is 2.12. The van der Waals surface area contributed by atoms with E-state index < -0.39 is 11.6 Å². The molecule has 0 spiro atoms. The number of halogens is 2. The normalized spacial score (nSPS) is 16.3. The fourth-order valence-corrected chi connectivity index (χ4v) is 2.38. The fourth-order valence-electron chi connectivity index (χ4n) is 2.38. The molecule has 1 fully saturated rings. The van der Waals surface area contributed by atoms with Crippen LogP contribution in [0.3, 0.4) is 0 Å². The molecule has 5 nitrogen and oxygen atoms in total. The first-order chi connectivity index (χ1) is 10.2. The Labute approximate surface area is 120 Å². The van der Waals surface area contributed by atoms with Crippen LogP contribution in [-0.4, -0.2) is 41.2 Å². The number of nitrogens with zero attached hydrogens (tertiary/aromatic N) is 3. The van der Waals surface area contributed by atoms with E-state index >= 15 is 0 Å². The van der Waals surface area contributed by atoms with Crippen LogP contribution in [0.15, 0.2) is 22.7 Å². The van der Waals surface area contributed by atoms with Crippen LogP contribution in [-0.2, 0) is 13.0 Å². The van der Waals surface area contributed by atoms with Crippen LogP contribution in [0, 0.1) is 11.6 Å². The number of piperazine rings is 1. The smallest absolute Gasteiger partial charge is 0.240 e. The SMILES string of the molecule is Fc1cc(F)cc(Cc2noc(CN3CCNCC3)n2)c1. The quantitative estimate of drug-likeness (QED) is 0.922. The van der Waals surface area contributed by atoms with Crippen LogP contribution >= 0.6 is 0 Å². The highest BCUT2D eigenvalue weighted by atomic mass is 19.1. The average molecular weight is 294 g/mol. The molecule has 1 aromatic heterocycles. The summed E-state index contributed by atoms with van der Waals surface area (Å²) in [5.41, 5.74) is 0.488. The lowest BCUT2D eigenvalue weighted by Crippen LogP contribution is -2.42. The van der Waals surface area contributed by atoms with Gasteiger partial charge in [0.2, 0.25) is 5.89 Å². The van der Waals surface area contributed by atoms with Crippen LogP contribution < -0.4 is 5.32 Å². The van der Waals surface area contributed by atoms with Gasteiger partial charge in [-0.2, -0.15) is 4.98 Å². The maximum Gasteiger partial charge on any atom is 0.240 e. The summed E-state index contributed by atoms with van der Waals surface area (Å²) in [7, 11) is 0. The van der Waals surface area contributed by atoms with Crippen molar-refractivity contribution in [1.82, 2.24) is 20.4 Å². The highest BCUT2D eigenvalue weighted by molar-refractivity contribution is 5.21. The van der Waals surface area contributed by atoms with E-state index in [0.29, 0.717) is 23.8 Å². The molecular formula is C14H16F2N4O. The summed E-state index contributed by atoms with van der Waals surface area (Å²) in [6, 6.07) is 3.39. The molecule has 0 atom stereocenters. The van der Waals surface area contributed by atoms with E-state index in [-0.39, 0.29) is 6.42 Å². The summed E-state index contributed by atoms with van der Waals surface area (Å²) in [5, 5.41) is 7.13. The third-order valence-electron chi connectivity index (χ3n) is 3.36. The molecule has 0 saturated carbocycles. The van der Waals surface area contributed by atoms with E-state index in [1.807, 2.05) is 0 Å². The molecular weight excluding hydrogens is 278 g/mol. The Morgan fingerprint density at radius 1 is 1.14 bits per heavy atom. The monoisotopic (exact) mass is 294 g/mol. The largest absolute Gasteiger partial charge is 0.338 e. The molecule has 7 heteroatoms. The van der Waals surface area contributed by atoms with Gasteiger partial charge < -0.3 is 9.84 Å². The molecule has 2 aromatic rings. The summed E-state index contributed by atoms with van der Waals surface area (Å²) in [4.78, 5) is 6.49. The van der Waals surface area contributed by atoms with Crippen LogP contribution in [0.5, 0.6) is 0 Å². The van der Waals surface area contributed by atoms with Gasteiger partial charge in [0.1, 0.15) is 11.6 Å². The second-order valence-corrected chi connectivity index (χ2v) is 5.08. The predicted octanol–water partition coefficient (Wildman–Crippen LogP) is 1.34.